The highest BCUT2D eigenvalue weighted by atomic mass is 35.5. The number of hydrogen-bond donors (Lipinski definition) is 1. The molecule has 1 heterocycles. The van der Waals surface area contributed by atoms with Gasteiger partial charge in [0.25, 0.3) is 0 Å². The van der Waals surface area contributed by atoms with Gasteiger partial charge in [0.2, 0.25) is 5.79 Å². The molecule has 0 radical (unpaired) electrons. The molecule has 1 N–H and O–H groups in total. The van der Waals surface area contributed by atoms with Gasteiger partial charge in [0.05, 0.1) is 0 Å². The van der Waals surface area contributed by atoms with Crippen molar-refractivity contribution < 1.29 is 9.84 Å². The van der Waals surface area contributed by atoms with Crippen molar-refractivity contribution in [1.82, 2.24) is 0 Å². The van der Waals surface area contributed by atoms with Gasteiger partial charge in [-0.1, -0.05) is 35.9 Å². The van der Waals surface area contributed by atoms with Gasteiger partial charge >= 0.3 is 0 Å². The van der Waals surface area contributed by atoms with E-state index in [1.54, 1.807) is 6.08 Å². The first-order valence-corrected chi connectivity index (χ1v) is 4.47. The fraction of sp³-hybridized carbons (Fsp3) is 0.200. The minimum atomic E-state index is -1.10. The van der Waals surface area contributed by atoms with Gasteiger partial charge in [-0.2, -0.15) is 0 Å². The number of rotatable bonds is 0. The van der Waals surface area contributed by atoms with Crippen LogP contribution in [0.2, 0.25) is 0 Å². The highest BCUT2D eigenvalue weighted by Gasteiger charge is 2.58. The fourth-order valence-corrected chi connectivity index (χ4v) is 2.03. The summed E-state index contributed by atoms with van der Waals surface area (Å²) >= 11 is 6.00. The van der Waals surface area contributed by atoms with Crippen LogP contribution < -0.4 is 0 Å². The molecule has 2 nitrogen and oxygen atoms in total. The molecule has 1 saturated heterocycles. The van der Waals surface area contributed by atoms with Gasteiger partial charge in [0.15, 0.2) is 0 Å². The molecule has 0 spiro atoms. The fourth-order valence-electron chi connectivity index (χ4n) is 1.75. The van der Waals surface area contributed by atoms with Crippen LogP contribution in [0.5, 0.6) is 0 Å². The summed E-state index contributed by atoms with van der Waals surface area (Å²) in [4.78, 5) is 0. The smallest absolute Gasteiger partial charge is 0.225 e. The molecular weight excluding hydrogens is 188 g/mol. The zero-order valence-electron chi connectivity index (χ0n) is 6.70. The Labute approximate surface area is 80.4 Å². The van der Waals surface area contributed by atoms with Crippen molar-refractivity contribution in [2.75, 3.05) is 0 Å². The van der Waals surface area contributed by atoms with E-state index in [1.807, 2.05) is 24.3 Å². The third kappa shape index (κ3) is 0.854. The summed E-state index contributed by atoms with van der Waals surface area (Å²) in [5, 5.41) is 10.5. The van der Waals surface area contributed by atoms with E-state index in [9.17, 15) is 5.11 Å². The maximum absolute atomic E-state index is 9.89. The van der Waals surface area contributed by atoms with Crippen molar-refractivity contribution in [3.8, 4) is 0 Å². The largest absolute Gasteiger partial charge is 0.359 e. The lowest BCUT2D eigenvalue weighted by atomic mass is 9.95. The van der Waals surface area contributed by atoms with E-state index in [4.69, 9.17) is 16.3 Å². The maximum atomic E-state index is 9.89. The lowest BCUT2D eigenvalue weighted by Crippen LogP contribution is -2.15. The van der Waals surface area contributed by atoms with Crippen LogP contribution in [0.1, 0.15) is 11.1 Å². The molecule has 1 aliphatic carbocycles. The normalized spacial score (nSPS) is 34.6. The molecule has 2 unspecified atom stereocenters. The standard InChI is InChI=1S/C10H7ClO2/c11-8-5-9-10(12,13-9)7-4-2-1-3-6(7)8/h1-5,9,12H. The zero-order valence-corrected chi connectivity index (χ0v) is 7.45. The van der Waals surface area contributed by atoms with Crippen molar-refractivity contribution in [3.05, 3.63) is 41.5 Å². The Bertz CT molecular complexity index is 413. The van der Waals surface area contributed by atoms with E-state index in [-0.39, 0.29) is 6.10 Å². The lowest BCUT2D eigenvalue weighted by molar-refractivity contribution is 0.0331. The molecule has 3 heteroatoms. The van der Waals surface area contributed by atoms with Crippen LogP contribution in [-0.2, 0) is 10.5 Å². The van der Waals surface area contributed by atoms with Crippen LogP contribution in [0.25, 0.3) is 5.03 Å². The second kappa shape index (κ2) is 2.15. The molecule has 1 aromatic rings. The van der Waals surface area contributed by atoms with Crippen molar-refractivity contribution in [2.45, 2.75) is 11.9 Å². The van der Waals surface area contributed by atoms with Crippen LogP contribution in [0.15, 0.2) is 30.3 Å². The number of benzene rings is 1. The number of fused-ring (bicyclic) bond motifs is 3. The second-order valence-corrected chi connectivity index (χ2v) is 3.70. The first kappa shape index (κ1) is 7.56. The van der Waals surface area contributed by atoms with Gasteiger partial charge in [-0.3, -0.25) is 0 Å². The lowest BCUT2D eigenvalue weighted by Gasteiger charge is -2.14. The Morgan fingerprint density at radius 3 is 3.00 bits per heavy atom. The molecule has 0 aromatic heterocycles. The summed E-state index contributed by atoms with van der Waals surface area (Å²) in [5.74, 6) is -1.10. The highest BCUT2D eigenvalue weighted by molar-refractivity contribution is 6.49. The van der Waals surface area contributed by atoms with Crippen molar-refractivity contribution in [3.63, 3.8) is 0 Å². The molecule has 66 valence electrons. The highest BCUT2D eigenvalue weighted by Crippen LogP contribution is 2.51. The third-order valence-electron chi connectivity index (χ3n) is 2.50. The van der Waals surface area contributed by atoms with Gasteiger partial charge in [-0.15, -0.1) is 0 Å². The van der Waals surface area contributed by atoms with E-state index in [0.717, 1.165) is 11.1 Å². The summed E-state index contributed by atoms with van der Waals surface area (Å²) in [6.07, 6.45) is 1.49. The predicted molar refractivity (Wildman–Crippen MR) is 49.0 cm³/mol. The molecule has 1 aliphatic heterocycles. The third-order valence-corrected chi connectivity index (χ3v) is 2.83. The van der Waals surface area contributed by atoms with Gasteiger partial charge in [0.1, 0.15) is 6.10 Å². The van der Waals surface area contributed by atoms with E-state index in [0.29, 0.717) is 5.03 Å². The quantitative estimate of drug-likeness (QED) is 0.639. The topological polar surface area (TPSA) is 32.8 Å². The number of ether oxygens (including phenoxy) is 1. The zero-order chi connectivity index (χ0) is 9.05. The molecule has 2 atom stereocenters. The second-order valence-electron chi connectivity index (χ2n) is 3.30. The van der Waals surface area contributed by atoms with E-state index in [1.165, 1.54) is 0 Å². The number of aliphatic hydroxyl groups is 1. The molecule has 0 amide bonds. The number of halogens is 1. The van der Waals surface area contributed by atoms with Gasteiger partial charge in [-0.05, 0) is 6.08 Å². The molecule has 1 fully saturated rings. The van der Waals surface area contributed by atoms with Crippen molar-refractivity contribution >= 4 is 16.6 Å². The number of epoxide rings is 1. The Hall–Kier alpha value is -0.830. The maximum Gasteiger partial charge on any atom is 0.225 e. The summed E-state index contributed by atoms with van der Waals surface area (Å²) in [7, 11) is 0. The van der Waals surface area contributed by atoms with E-state index >= 15 is 0 Å². The molecule has 0 bridgehead atoms. The number of hydrogen-bond acceptors (Lipinski definition) is 2. The Kier molecular flexibility index (Phi) is 1.25. The summed E-state index contributed by atoms with van der Waals surface area (Å²) in [6.45, 7) is 0. The van der Waals surface area contributed by atoms with Crippen LogP contribution in [-0.4, -0.2) is 11.2 Å². The average molecular weight is 195 g/mol. The average Bonchev–Trinajstić information content (AvgIpc) is 2.79. The Morgan fingerprint density at radius 1 is 1.38 bits per heavy atom. The first-order valence-electron chi connectivity index (χ1n) is 4.09. The molecular formula is C10H7ClO2. The summed E-state index contributed by atoms with van der Waals surface area (Å²) in [6, 6.07) is 7.47. The predicted octanol–water partition coefficient (Wildman–Crippen LogP) is 1.82. The molecule has 1 aromatic carbocycles. The van der Waals surface area contributed by atoms with E-state index < -0.39 is 5.79 Å². The van der Waals surface area contributed by atoms with Gasteiger partial charge in [-0.25, -0.2) is 0 Å². The molecule has 0 saturated carbocycles. The van der Waals surface area contributed by atoms with E-state index in [2.05, 4.69) is 0 Å². The van der Waals surface area contributed by atoms with Crippen LogP contribution in [0, 0.1) is 0 Å². The minimum absolute atomic E-state index is 0.255. The molecule has 13 heavy (non-hydrogen) atoms. The van der Waals surface area contributed by atoms with Crippen LogP contribution in [0.4, 0.5) is 0 Å². The van der Waals surface area contributed by atoms with Gasteiger partial charge in [0, 0.05) is 16.2 Å². The molecule has 2 aliphatic rings. The first-order chi connectivity index (χ1) is 6.22. The Balaban J connectivity index is 2.29. The monoisotopic (exact) mass is 194 g/mol. The van der Waals surface area contributed by atoms with Crippen molar-refractivity contribution in [1.29, 1.82) is 0 Å². The molecule has 3 rings (SSSR count). The van der Waals surface area contributed by atoms with Crippen LogP contribution >= 0.6 is 11.6 Å². The Morgan fingerprint density at radius 2 is 2.15 bits per heavy atom. The SMILES string of the molecule is OC12OC1C=C(Cl)c1ccccc12. The van der Waals surface area contributed by atoms with Crippen LogP contribution in [0.3, 0.4) is 0 Å². The van der Waals surface area contributed by atoms with Gasteiger partial charge < -0.3 is 9.84 Å². The summed E-state index contributed by atoms with van der Waals surface area (Å²) in [5.41, 5.74) is 1.63. The van der Waals surface area contributed by atoms with Crippen molar-refractivity contribution in [2.24, 2.45) is 0 Å². The summed E-state index contributed by atoms with van der Waals surface area (Å²) < 4.78 is 5.16. The minimum Gasteiger partial charge on any atom is -0.359 e.